The molecular formula is C11H20OSi. The van der Waals surface area contributed by atoms with Gasteiger partial charge in [-0.2, -0.15) is 0 Å². The molecule has 0 bridgehead atoms. The van der Waals surface area contributed by atoms with Crippen molar-refractivity contribution < 1.29 is 4.79 Å². The predicted octanol–water partition coefficient (Wildman–Crippen LogP) is 3.25. The second kappa shape index (κ2) is 3.78. The van der Waals surface area contributed by atoms with E-state index in [1.807, 2.05) is 0 Å². The summed E-state index contributed by atoms with van der Waals surface area (Å²) in [6.07, 6.45) is 4.69. The highest BCUT2D eigenvalue weighted by Crippen LogP contribution is 2.40. The van der Waals surface area contributed by atoms with Gasteiger partial charge in [0.25, 0.3) is 0 Å². The lowest BCUT2D eigenvalue weighted by Crippen LogP contribution is -2.37. The number of allylic oxidation sites excluding steroid dienone is 1. The second-order valence-corrected chi connectivity index (χ2v) is 10.6. The Morgan fingerprint density at radius 3 is 2.54 bits per heavy atom. The Kier molecular flexibility index (Phi) is 3.12. The number of carbonyl (C=O) groups is 1. The van der Waals surface area contributed by atoms with Gasteiger partial charge < -0.3 is 0 Å². The van der Waals surface area contributed by atoms with Gasteiger partial charge in [0.05, 0.1) is 0 Å². The molecule has 1 aliphatic carbocycles. The predicted molar refractivity (Wildman–Crippen MR) is 59.6 cm³/mol. The third-order valence-corrected chi connectivity index (χ3v) is 5.99. The Hall–Kier alpha value is -0.373. The van der Waals surface area contributed by atoms with E-state index in [9.17, 15) is 4.79 Å². The molecule has 13 heavy (non-hydrogen) atoms. The zero-order valence-corrected chi connectivity index (χ0v) is 9.97. The van der Waals surface area contributed by atoms with Crippen LogP contribution in [0.15, 0.2) is 12.7 Å². The van der Waals surface area contributed by atoms with Gasteiger partial charge in [-0.15, -0.1) is 6.58 Å². The lowest BCUT2D eigenvalue weighted by Gasteiger charge is -2.37. The van der Waals surface area contributed by atoms with E-state index in [0.717, 1.165) is 19.3 Å². The van der Waals surface area contributed by atoms with Gasteiger partial charge in [0.15, 0.2) is 0 Å². The van der Waals surface area contributed by atoms with Gasteiger partial charge in [-0.25, -0.2) is 0 Å². The van der Waals surface area contributed by atoms with Gasteiger partial charge in [-0.3, -0.25) is 4.79 Å². The number of hydrogen-bond donors (Lipinski definition) is 0. The molecule has 2 atom stereocenters. The van der Waals surface area contributed by atoms with Gasteiger partial charge >= 0.3 is 0 Å². The van der Waals surface area contributed by atoms with Crippen molar-refractivity contribution in [3.63, 3.8) is 0 Å². The van der Waals surface area contributed by atoms with Crippen LogP contribution >= 0.6 is 0 Å². The van der Waals surface area contributed by atoms with Crippen molar-refractivity contribution in [3.8, 4) is 0 Å². The maximum atomic E-state index is 11.4. The highest BCUT2D eigenvalue weighted by molar-refractivity contribution is 6.77. The van der Waals surface area contributed by atoms with Crippen molar-refractivity contribution in [1.29, 1.82) is 0 Å². The van der Waals surface area contributed by atoms with E-state index in [4.69, 9.17) is 0 Å². The fourth-order valence-corrected chi connectivity index (χ4v) is 4.69. The minimum atomic E-state index is -1.17. The lowest BCUT2D eigenvalue weighted by molar-refractivity contribution is -0.120. The first-order chi connectivity index (χ1) is 5.95. The zero-order chi connectivity index (χ0) is 10.1. The Labute approximate surface area is 82.2 Å². The minimum absolute atomic E-state index is 0.463. The van der Waals surface area contributed by atoms with E-state index in [1.165, 1.54) is 0 Å². The lowest BCUT2D eigenvalue weighted by atomic mass is 9.88. The third kappa shape index (κ3) is 2.53. The summed E-state index contributed by atoms with van der Waals surface area (Å²) in [5.74, 6) is 1.06. The van der Waals surface area contributed by atoms with Crippen molar-refractivity contribution >= 4 is 13.9 Å². The standard InChI is InChI=1S/C11H20OSi/c1-5-9-6-7-10(12)8-11(9)13(2,3)4/h5,9,11H,1,6-8H2,2-4H3. The van der Waals surface area contributed by atoms with E-state index >= 15 is 0 Å². The van der Waals surface area contributed by atoms with Gasteiger partial charge in [-0.1, -0.05) is 25.7 Å². The summed E-state index contributed by atoms with van der Waals surface area (Å²) in [7, 11) is -1.17. The van der Waals surface area contributed by atoms with E-state index in [0.29, 0.717) is 17.2 Å². The first-order valence-electron chi connectivity index (χ1n) is 5.09. The van der Waals surface area contributed by atoms with Crippen molar-refractivity contribution in [3.05, 3.63) is 12.7 Å². The Morgan fingerprint density at radius 1 is 1.46 bits per heavy atom. The first kappa shape index (κ1) is 10.7. The summed E-state index contributed by atoms with van der Waals surface area (Å²) in [5, 5.41) is 0. The molecule has 0 aromatic carbocycles. The SMILES string of the molecule is C=CC1CCC(=O)CC1[Si](C)(C)C. The molecule has 0 spiro atoms. The highest BCUT2D eigenvalue weighted by atomic mass is 28.3. The molecule has 1 nitrogen and oxygen atoms in total. The van der Waals surface area contributed by atoms with Gasteiger partial charge in [0, 0.05) is 20.9 Å². The fourth-order valence-electron chi connectivity index (χ4n) is 2.26. The average molecular weight is 196 g/mol. The maximum Gasteiger partial charge on any atom is 0.132 e. The van der Waals surface area contributed by atoms with Gasteiger partial charge in [0.2, 0.25) is 0 Å². The van der Waals surface area contributed by atoms with Crippen molar-refractivity contribution in [2.75, 3.05) is 0 Å². The molecule has 1 aliphatic rings. The number of rotatable bonds is 2. The molecule has 1 rings (SSSR count). The first-order valence-corrected chi connectivity index (χ1v) is 8.67. The van der Waals surface area contributed by atoms with Crippen molar-refractivity contribution in [1.82, 2.24) is 0 Å². The summed E-state index contributed by atoms with van der Waals surface area (Å²) < 4.78 is 0. The molecule has 2 unspecified atom stereocenters. The third-order valence-electron chi connectivity index (χ3n) is 3.14. The number of Topliss-reactive ketones (excluding diaryl/α,β-unsaturated/α-hetero) is 1. The van der Waals surface area contributed by atoms with Crippen LogP contribution in [0.3, 0.4) is 0 Å². The van der Waals surface area contributed by atoms with Crippen molar-refractivity contribution in [2.45, 2.75) is 44.4 Å². The molecular weight excluding hydrogens is 176 g/mol. The largest absolute Gasteiger partial charge is 0.300 e. The molecule has 0 saturated heterocycles. The zero-order valence-electron chi connectivity index (χ0n) is 8.97. The fraction of sp³-hybridized carbons (Fsp3) is 0.727. The molecule has 0 radical (unpaired) electrons. The maximum absolute atomic E-state index is 11.4. The Morgan fingerprint density at radius 2 is 2.08 bits per heavy atom. The van der Waals surface area contributed by atoms with Crippen molar-refractivity contribution in [2.24, 2.45) is 5.92 Å². The molecule has 1 fully saturated rings. The second-order valence-electron chi connectivity index (χ2n) is 5.15. The molecule has 0 aromatic rings. The van der Waals surface area contributed by atoms with E-state index < -0.39 is 8.07 Å². The Bertz CT molecular complexity index is 215. The molecule has 2 heteroatoms. The molecule has 74 valence electrons. The van der Waals surface area contributed by atoms with E-state index in [2.05, 4.69) is 32.3 Å². The molecule has 0 amide bonds. The van der Waals surface area contributed by atoms with Crippen LogP contribution in [0.5, 0.6) is 0 Å². The summed E-state index contributed by atoms with van der Waals surface area (Å²) in [4.78, 5) is 11.4. The quantitative estimate of drug-likeness (QED) is 0.489. The smallest absolute Gasteiger partial charge is 0.132 e. The number of carbonyl (C=O) groups excluding carboxylic acids is 1. The summed E-state index contributed by atoms with van der Waals surface area (Å²) in [5.41, 5.74) is 0.631. The van der Waals surface area contributed by atoms with E-state index in [1.54, 1.807) is 0 Å². The van der Waals surface area contributed by atoms with E-state index in [-0.39, 0.29) is 0 Å². The van der Waals surface area contributed by atoms with Crippen LogP contribution in [0.2, 0.25) is 25.2 Å². The monoisotopic (exact) mass is 196 g/mol. The van der Waals surface area contributed by atoms with Crippen LogP contribution in [0.4, 0.5) is 0 Å². The summed E-state index contributed by atoms with van der Waals surface area (Å²) >= 11 is 0. The number of hydrogen-bond acceptors (Lipinski definition) is 1. The molecule has 0 N–H and O–H groups in total. The topological polar surface area (TPSA) is 17.1 Å². The summed E-state index contributed by atoms with van der Waals surface area (Å²) in [6.45, 7) is 10.9. The highest BCUT2D eigenvalue weighted by Gasteiger charge is 2.36. The van der Waals surface area contributed by atoms with Crippen LogP contribution in [0, 0.1) is 5.92 Å². The molecule has 0 aromatic heterocycles. The van der Waals surface area contributed by atoms with Gasteiger partial charge in [-0.05, 0) is 17.9 Å². The van der Waals surface area contributed by atoms with Crippen LogP contribution in [-0.2, 0) is 4.79 Å². The molecule has 1 saturated carbocycles. The average Bonchev–Trinajstić information content (AvgIpc) is 2.03. The van der Waals surface area contributed by atoms with Gasteiger partial charge in [0.1, 0.15) is 5.78 Å². The summed E-state index contributed by atoms with van der Waals surface area (Å²) in [6, 6.07) is 0. The minimum Gasteiger partial charge on any atom is -0.300 e. The van der Waals surface area contributed by atoms with Crippen LogP contribution in [-0.4, -0.2) is 13.9 Å². The normalized spacial score (nSPS) is 30.2. The van der Waals surface area contributed by atoms with Crippen LogP contribution < -0.4 is 0 Å². The number of ketones is 1. The molecule has 0 heterocycles. The Balaban J connectivity index is 2.76. The van der Waals surface area contributed by atoms with Crippen LogP contribution in [0.1, 0.15) is 19.3 Å². The molecule has 0 aliphatic heterocycles. The van der Waals surface area contributed by atoms with Crippen LogP contribution in [0.25, 0.3) is 0 Å².